The van der Waals surface area contributed by atoms with Crippen molar-refractivity contribution < 1.29 is 14.1 Å². The van der Waals surface area contributed by atoms with E-state index in [1.54, 1.807) is 6.07 Å². The minimum absolute atomic E-state index is 0.0877. The molecule has 2 aromatic heterocycles. The summed E-state index contributed by atoms with van der Waals surface area (Å²) in [4.78, 5) is 20.0. The molecule has 0 radical (unpaired) electrons. The van der Waals surface area contributed by atoms with E-state index in [1.165, 1.54) is 0 Å². The van der Waals surface area contributed by atoms with Crippen LogP contribution in [-0.4, -0.2) is 53.8 Å². The van der Waals surface area contributed by atoms with Crippen molar-refractivity contribution in [3.63, 3.8) is 0 Å². The van der Waals surface area contributed by atoms with Gasteiger partial charge in [-0.2, -0.15) is 0 Å². The maximum absolute atomic E-state index is 13.3. The second-order valence-electron chi connectivity index (χ2n) is 7.44. The number of ether oxygens (including phenoxy) is 1. The number of carbonyl (C=O) groups excluding carboxylic acids is 1. The Morgan fingerprint density at radius 2 is 1.97 bits per heavy atom. The van der Waals surface area contributed by atoms with Gasteiger partial charge in [0.15, 0.2) is 0 Å². The second-order valence-corrected chi connectivity index (χ2v) is 7.44. The van der Waals surface area contributed by atoms with Gasteiger partial charge in [-0.1, -0.05) is 35.5 Å². The number of rotatable bonds is 6. The Kier molecular flexibility index (Phi) is 5.87. The van der Waals surface area contributed by atoms with Gasteiger partial charge in [0, 0.05) is 25.3 Å². The maximum atomic E-state index is 13.3. The zero-order chi connectivity index (χ0) is 20.2. The number of fused-ring (bicyclic) bond motifs is 1. The first-order chi connectivity index (χ1) is 14.1. The molecule has 3 heterocycles. The summed E-state index contributed by atoms with van der Waals surface area (Å²) in [5.41, 5.74) is 3.44. The van der Waals surface area contributed by atoms with E-state index < -0.39 is 0 Å². The van der Waals surface area contributed by atoms with Gasteiger partial charge in [0.1, 0.15) is 0 Å². The maximum Gasteiger partial charge on any atom is 0.258 e. The third-order valence-corrected chi connectivity index (χ3v) is 5.33. The molecule has 1 aromatic carbocycles. The van der Waals surface area contributed by atoms with Gasteiger partial charge in [0.05, 0.1) is 35.9 Å². The fourth-order valence-electron chi connectivity index (χ4n) is 3.78. The highest BCUT2D eigenvalue weighted by atomic mass is 16.5. The third-order valence-electron chi connectivity index (χ3n) is 5.33. The number of morpholine rings is 1. The Morgan fingerprint density at radius 1 is 1.21 bits per heavy atom. The average molecular weight is 394 g/mol. The van der Waals surface area contributed by atoms with Crippen molar-refractivity contribution in [3.05, 3.63) is 58.9 Å². The fourth-order valence-corrected chi connectivity index (χ4v) is 3.78. The Bertz CT molecular complexity index is 980. The van der Waals surface area contributed by atoms with E-state index in [-0.39, 0.29) is 11.9 Å². The van der Waals surface area contributed by atoms with E-state index in [0.29, 0.717) is 22.4 Å². The van der Waals surface area contributed by atoms with Crippen LogP contribution in [0.3, 0.4) is 0 Å². The van der Waals surface area contributed by atoms with E-state index in [0.717, 1.165) is 50.5 Å². The number of benzene rings is 1. The van der Waals surface area contributed by atoms with Gasteiger partial charge in [0.25, 0.3) is 11.6 Å². The summed E-state index contributed by atoms with van der Waals surface area (Å²) in [5.74, 6) is -0.136. The SMILES string of the molecule is Cc1cc(C(=O)NC(CCN2CCOCC2)c2ccccc2)c2c(C)noc2n1. The molecule has 1 atom stereocenters. The molecule has 1 aliphatic heterocycles. The molecule has 1 fully saturated rings. The number of aryl methyl sites for hydroxylation is 2. The first-order valence-corrected chi connectivity index (χ1v) is 10.0. The molecule has 4 rings (SSSR count). The smallest absolute Gasteiger partial charge is 0.258 e. The van der Waals surface area contributed by atoms with Crippen molar-refractivity contribution in [1.29, 1.82) is 0 Å². The number of hydrogen-bond acceptors (Lipinski definition) is 6. The number of hydrogen-bond donors (Lipinski definition) is 1. The molecule has 1 amide bonds. The van der Waals surface area contributed by atoms with Gasteiger partial charge < -0.3 is 14.6 Å². The molecule has 1 unspecified atom stereocenters. The predicted octanol–water partition coefficient (Wildman–Crippen LogP) is 3.03. The Hall–Kier alpha value is -2.77. The summed E-state index contributed by atoms with van der Waals surface area (Å²) < 4.78 is 10.7. The monoisotopic (exact) mass is 394 g/mol. The molecule has 152 valence electrons. The summed E-state index contributed by atoms with van der Waals surface area (Å²) in [6.07, 6.45) is 0.825. The molecule has 7 nitrogen and oxygen atoms in total. The third kappa shape index (κ3) is 4.46. The van der Waals surface area contributed by atoms with Crippen LogP contribution in [0.15, 0.2) is 40.9 Å². The van der Waals surface area contributed by atoms with Crippen LogP contribution in [0.5, 0.6) is 0 Å². The molecule has 3 aromatic rings. The number of nitrogens with one attached hydrogen (secondary N) is 1. The number of aromatic nitrogens is 2. The number of pyridine rings is 1. The molecule has 0 aliphatic carbocycles. The topological polar surface area (TPSA) is 80.5 Å². The van der Waals surface area contributed by atoms with Gasteiger partial charge in [-0.3, -0.25) is 9.69 Å². The first-order valence-electron chi connectivity index (χ1n) is 10.0. The van der Waals surface area contributed by atoms with Crippen molar-refractivity contribution in [1.82, 2.24) is 20.4 Å². The standard InChI is InChI=1S/C22H26N4O3/c1-15-14-18(20-16(2)25-29-22(20)23-15)21(27)24-19(17-6-4-3-5-7-17)8-9-26-10-12-28-13-11-26/h3-7,14,19H,8-13H2,1-2H3,(H,24,27). The highest BCUT2D eigenvalue weighted by Gasteiger charge is 2.22. The van der Waals surface area contributed by atoms with Crippen molar-refractivity contribution in [2.45, 2.75) is 26.3 Å². The van der Waals surface area contributed by atoms with Crippen LogP contribution < -0.4 is 5.32 Å². The molecule has 1 saturated heterocycles. The van der Waals surface area contributed by atoms with Crippen molar-refractivity contribution in [2.24, 2.45) is 0 Å². The van der Waals surface area contributed by atoms with Crippen LogP contribution in [0.4, 0.5) is 0 Å². The minimum Gasteiger partial charge on any atom is -0.379 e. The lowest BCUT2D eigenvalue weighted by Gasteiger charge is -2.29. The minimum atomic E-state index is -0.136. The van der Waals surface area contributed by atoms with Gasteiger partial charge >= 0.3 is 0 Å². The number of nitrogens with zero attached hydrogens (tertiary/aromatic N) is 3. The molecule has 29 heavy (non-hydrogen) atoms. The van der Waals surface area contributed by atoms with Gasteiger partial charge in [0.2, 0.25) is 0 Å². The van der Waals surface area contributed by atoms with Gasteiger partial charge in [-0.15, -0.1) is 0 Å². The Balaban J connectivity index is 1.57. The first kappa shape index (κ1) is 19.5. The van der Waals surface area contributed by atoms with Crippen LogP contribution >= 0.6 is 0 Å². The average Bonchev–Trinajstić information content (AvgIpc) is 3.12. The lowest BCUT2D eigenvalue weighted by molar-refractivity contribution is 0.0360. The van der Waals surface area contributed by atoms with E-state index >= 15 is 0 Å². The lowest BCUT2D eigenvalue weighted by Crippen LogP contribution is -2.39. The highest BCUT2D eigenvalue weighted by molar-refractivity contribution is 6.06. The van der Waals surface area contributed by atoms with Crippen molar-refractivity contribution >= 4 is 17.0 Å². The predicted molar refractivity (Wildman–Crippen MR) is 110 cm³/mol. The largest absolute Gasteiger partial charge is 0.379 e. The Labute approximate surface area is 170 Å². The summed E-state index contributed by atoms with van der Waals surface area (Å²) in [6.45, 7) is 7.97. The molecule has 0 spiro atoms. The second kappa shape index (κ2) is 8.71. The fraction of sp³-hybridized carbons (Fsp3) is 0.409. The molecule has 7 heteroatoms. The normalized spacial score (nSPS) is 16.1. The van der Waals surface area contributed by atoms with Crippen LogP contribution in [0.25, 0.3) is 11.1 Å². The van der Waals surface area contributed by atoms with Crippen LogP contribution in [0.2, 0.25) is 0 Å². The molecular weight excluding hydrogens is 368 g/mol. The zero-order valence-corrected chi connectivity index (χ0v) is 16.9. The van der Waals surface area contributed by atoms with Crippen LogP contribution in [0.1, 0.15) is 39.8 Å². The van der Waals surface area contributed by atoms with E-state index in [1.807, 2.05) is 32.0 Å². The number of carbonyl (C=O) groups is 1. The summed E-state index contributed by atoms with van der Waals surface area (Å²) in [7, 11) is 0. The zero-order valence-electron chi connectivity index (χ0n) is 16.9. The number of amides is 1. The van der Waals surface area contributed by atoms with Gasteiger partial charge in [-0.05, 0) is 31.9 Å². The molecule has 0 bridgehead atoms. The molecule has 1 aliphatic rings. The van der Waals surface area contributed by atoms with Crippen molar-refractivity contribution in [2.75, 3.05) is 32.8 Å². The molecule has 1 N–H and O–H groups in total. The van der Waals surface area contributed by atoms with Crippen molar-refractivity contribution in [3.8, 4) is 0 Å². The van der Waals surface area contributed by atoms with Crippen LogP contribution in [-0.2, 0) is 4.74 Å². The summed E-state index contributed by atoms with van der Waals surface area (Å²) >= 11 is 0. The lowest BCUT2D eigenvalue weighted by atomic mass is 10.0. The van der Waals surface area contributed by atoms with E-state index in [2.05, 4.69) is 32.5 Å². The summed E-state index contributed by atoms with van der Waals surface area (Å²) in [5, 5.41) is 7.88. The van der Waals surface area contributed by atoms with E-state index in [9.17, 15) is 4.79 Å². The van der Waals surface area contributed by atoms with Gasteiger partial charge in [-0.25, -0.2) is 4.98 Å². The Morgan fingerprint density at radius 3 is 2.72 bits per heavy atom. The highest BCUT2D eigenvalue weighted by Crippen LogP contribution is 2.24. The summed E-state index contributed by atoms with van der Waals surface area (Å²) in [6, 6.07) is 11.8. The molecular formula is C22H26N4O3. The van der Waals surface area contributed by atoms with Crippen LogP contribution in [0, 0.1) is 13.8 Å². The quantitative estimate of drug-likeness (QED) is 0.692. The molecule has 0 saturated carbocycles. The van der Waals surface area contributed by atoms with E-state index in [4.69, 9.17) is 9.26 Å².